The summed E-state index contributed by atoms with van der Waals surface area (Å²) in [4.78, 5) is 47.0. The lowest BCUT2D eigenvalue weighted by Gasteiger charge is -2.47. The molecule has 5 rings (SSSR count). The average molecular weight is 943 g/mol. The summed E-state index contributed by atoms with van der Waals surface area (Å²) in [6.45, 7) is 15.0. The third-order valence-electron chi connectivity index (χ3n) is 14.7. The van der Waals surface area contributed by atoms with E-state index in [0.29, 0.717) is 31.6 Å². The van der Waals surface area contributed by atoms with Gasteiger partial charge in [0.05, 0.1) is 40.2 Å². The van der Waals surface area contributed by atoms with E-state index in [2.05, 4.69) is 15.2 Å². The highest BCUT2D eigenvalue weighted by atomic mass is 16.7. The van der Waals surface area contributed by atoms with Crippen molar-refractivity contribution in [1.82, 2.24) is 19.9 Å². The zero-order valence-electron chi connectivity index (χ0n) is 41.4. The fourth-order valence-corrected chi connectivity index (χ4v) is 10.3. The predicted octanol–water partition coefficient (Wildman–Crippen LogP) is 5.99. The minimum absolute atomic E-state index is 0.0788. The number of nitro groups is 1. The maximum atomic E-state index is 14.4. The molecule has 1 aromatic heterocycles. The third-order valence-corrected chi connectivity index (χ3v) is 14.7. The lowest BCUT2D eigenvalue weighted by atomic mass is 9.74. The molecule has 2 saturated heterocycles. The first-order valence-corrected chi connectivity index (χ1v) is 24.5. The van der Waals surface area contributed by atoms with E-state index in [0.717, 1.165) is 62.6 Å². The average Bonchev–Trinajstić information content (AvgIpc) is 3.77. The zero-order chi connectivity index (χ0) is 49.2. The van der Waals surface area contributed by atoms with Gasteiger partial charge < -0.3 is 44.0 Å². The number of hydrogen-bond donors (Lipinski definition) is 3. The van der Waals surface area contributed by atoms with E-state index in [-0.39, 0.29) is 30.7 Å². The van der Waals surface area contributed by atoms with Gasteiger partial charge in [0.2, 0.25) is 0 Å². The molecule has 3 fully saturated rings. The van der Waals surface area contributed by atoms with E-state index in [9.17, 15) is 35.0 Å². The van der Waals surface area contributed by atoms with Crippen molar-refractivity contribution in [3.8, 4) is 0 Å². The number of rotatable bonds is 16. The zero-order valence-corrected chi connectivity index (χ0v) is 41.4. The Morgan fingerprint density at radius 3 is 2.34 bits per heavy atom. The molecule has 18 nitrogen and oxygen atoms in total. The van der Waals surface area contributed by atoms with Crippen LogP contribution < -0.4 is 0 Å². The van der Waals surface area contributed by atoms with Crippen molar-refractivity contribution in [2.75, 3.05) is 20.7 Å². The molecule has 0 spiro atoms. The van der Waals surface area contributed by atoms with Crippen LogP contribution in [0, 0.1) is 33.8 Å². The molecular weight excluding hydrogens is 865 g/mol. The lowest BCUT2D eigenvalue weighted by molar-refractivity contribution is -0.384. The summed E-state index contributed by atoms with van der Waals surface area (Å²) in [6.07, 6.45) is 4.43. The normalized spacial score (nSPS) is 34.8. The van der Waals surface area contributed by atoms with Crippen molar-refractivity contribution in [2.45, 2.75) is 199 Å². The maximum absolute atomic E-state index is 14.4. The number of carbonyl (C=O) groups is 2. The molecule has 1 saturated carbocycles. The SMILES string of the molecule is CC[C@H]1OC(=O)[C@H](C)C(=O)[C@H](C)[C@@H](O[C@@H]2O[C@H](C)C[C@H](N(C)CCc3cn(CCCCc4ccc([N+](=O)[O-])cc4)nn3)[C@H]2O)[C@](C)(OC)C[C@@H](C)/C(=N\OC2CCCCC2)[C@H](C)[C@@H](O)[C@]1(C)O. The number of hydrogen-bond acceptors (Lipinski definition) is 16. The summed E-state index contributed by atoms with van der Waals surface area (Å²) in [7, 11) is 3.46. The van der Waals surface area contributed by atoms with Crippen molar-refractivity contribution in [3.63, 3.8) is 0 Å². The van der Waals surface area contributed by atoms with Gasteiger partial charge in [0.1, 0.15) is 29.8 Å². The smallest absolute Gasteiger partial charge is 0.316 e. The molecule has 13 atom stereocenters. The van der Waals surface area contributed by atoms with Crippen molar-refractivity contribution in [2.24, 2.45) is 28.8 Å². The first-order chi connectivity index (χ1) is 31.7. The van der Waals surface area contributed by atoms with Crippen molar-refractivity contribution in [1.29, 1.82) is 0 Å². The fourth-order valence-electron chi connectivity index (χ4n) is 10.3. The molecule has 376 valence electrons. The van der Waals surface area contributed by atoms with E-state index >= 15 is 0 Å². The number of nitro benzene ring substituents is 1. The van der Waals surface area contributed by atoms with Crippen LogP contribution in [0.2, 0.25) is 0 Å². The minimum atomic E-state index is -1.90. The lowest BCUT2D eigenvalue weighted by Crippen LogP contribution is -2.60. The summed E-state index contributed by atoms with van der Waals surface area (Å²) in [6, 6.07) is 6.23. The van der Waals surface area contributed by atoms with E-state index in [1.807, 2.05) is 38.7 Å². The fraction of sp³-hybridized carbons (Fsp3) is 0.776. The Morgan fingerprint density at radius 1 is 1.01 bits per heavy atom. The van der Waals surface area contributed by atoms with Gasteiger partial charge in [-0.2, -0.15) is 0 Å². The van der Waals surface area contributed by atoms with Crippen LogP contribution in [0.25, 0.3) is 0 Å². The topological polar surface area (TPSA) is 230 Å². The highest BCUT2D eigenvalue weighted by Gasteiger charge is 2.52. The number of esters is 1. The molecule has 18 heteroatoms. The number of oxime groups is 1. The van der Waals surface area contributed by atoms with E-state index in [1.54, 1.807) is 32.9 Å². The number of cyclic esters (lactones) is 1. The number of ketones is 1. The number of ether oxygens (including phenoxy) is 4. The molecule has 0 unspecified atom stereocenters. The van der Waals surface area contributed by atoms with Crippen LogP contribution in [0.5, 0.6) is 0 Å². The maximum Gasteiger partial charge on any atom is 0.316 e. The van der Waals surface area contributed by atoms with Gasteiger partial charge in [-0.25, -0.2) is 0 Å². The molecule has 67 heavy (non-hydrogen) atoms. The number of likely N-dealkylation sites (N-methyl/N-ethyl adjacent to an activating group) is 1. The van der Waals surface area contributed by atoms with Gasteiger partial charge in [0.25, 0.3) is 5.69 Å². The number of unbranched alkanes of at least 4 members (excludes halogenated alkanes) is 1. The van der Waals surface area contributed by atoms with Gasteiger partial charge in [-0.05, 0) is 105 Å². The first kappa shape index (κ1) is 54.0. The summed E-state index contributed by atoms with van der Waals surface area (Å²) >= 11 is 0. The second kappa shape index (κ2) is 24.1. The van der Waals surface area contributed by atoms with E-state index in [4.69, 9.17) is 28.9 Å². The second-order valence-electron chi connectivity index (χ2n) is 20.0. The standard InChI is InChI=1S/C49H78N6O12/c1-11-40-49(8,60)44(58)32(4)41(51-67-38-18-13-12-14-19-38)30(2)28-48(7,63-10)45(33(5)42(56)34(6)46(59)65-40)66-47-43(57)39(27-31(3)64-47)53(9)26-24-36-29-54(52-50-36)25-16-15-17-35-20-22-37(23-21-35)55(61)62/h20-23,29-34,38-40,43-45,47,57-58,60H,11-19,24-28H2,1-10H3/b51-41+/t30-,31-,32+,33+,34-,39+,40-,43-,44-,45-,47+,48-,49-/m1/s1. The molecule has 3 aliphatic rings. The summed E-state index contributed by atoms with van der Waals surface area (Å²) in [5, 5.41) is 60.2. The number of nitrogens with zero attached hydrogens (tertiary/aromatic N) is 6. The molecule has 0 radical (unpaired) electrons. The highest BCUT2D eigenvalue weighted by molar-refractivity contribution is 6.00. The van der Waals surface area contributed by atoms with Gasteiger partial charge in [0.15, 0.2) is 12.1 Å². The number of aromatic nitrogens is 3. The van der Waals surface area contributed by atoms with E-state index in [1.165, 1.54) is 33.1 Å². The van der Waals surface area contributed by atoms with Crippen molar-refractivity contribution >= 4 is 23.2 Å². The summed E-state index contributed by atoms with van der Waals surface area (Å²) < 4.78 is 27.2. The van der Waals surface area contributed by atoms with Gasteiger partial charge in [-0.1, -0.05) is 56.6 Å². The number of aliphatic hydroxyl groups is 3. The Labute approximate surface area is 396 Å². The predicted molar refractivity (Wildman–Crippen MR) is 250 cm³/mol. The molecule has 2 aliphatic heterocycles. The molecule has 3 N–H and O–H groups in total. The van der Waals surface area contributed by atoms with Gasteiger partial charge in [-0.15, -0.1) is 5.10 Å². The highest BCUT2D eigenvalue weighted by Crippen LogP contribution is 2.39. The van der Waals surface area contributed by atoms with E-state index < -0.39 is 88.3 Å². The van der Waals surface area contributed by atoms with Gasteiger partial charge in [-0.3, -0.25) is 24.4 Å². The molecule has 1 aromatic carbocycles. The first-order valence-electron chi connectivity index (χ1n) is 24.5. The molecule has 2 aromatic rings. The Balaban J connectivity index is 1.33. The molecule has 0 amide bonds. The minimum Gasteiger partial charge on any atom is -0.459 e. The number of methoxy groups -OCH3 is 1. The number of Topliss-reactive ketones (excluding diaryl/α,β-unsaturated/α-hetero) is 1. The number of carbonyl (C=O) groups excluding carboxylic acids is 2. The van der Waals surface area contributed by atoms with Crippen LogP contribution in [-0.2, 0) is 52.8 Å². The van der Waals surface area contributed by atoms with Crippen LogP contribution in [0.15, 0.2) is 35.6 Å². The number of aliphatic hydroxyl groups excluding tert-OH is 2. The quantitative estimate of drug-likeness (QED) is 0.0577. The summed E-state index contributed by atoms with van der Waals surface area (Å²) in [5.74, 6) is -4.76. The Morgan fingerprint density at radius 2 is 1.70 bits per heavy atom. The van der Waals surface area contributed by atoms with Crippen LogP contribution in [-0.4, -0.2) is 138 Å². The number of benzene rings is 1. The van der Waals surface area contributed by atoms with Crippen LogP contribution in [0.4, 0.5) is 5.69 Å². The number of aryl methyl sites for hydroxylation is 2. The molecule has 0 bridgehead atoms. The Kier molecular flexibility index (Phi) is 19.4. The molecule has 1 aliphatic carbocycles. The Bertz CT molecular complexity index is 1940. The monoisotopic (exact) mass is 943 g/mol. The largest absolute Gasteiger partial charge is 0.459 e. The van der Waals surface area contributed by atoms with Crippen molar-refractivity contribution < 1.29 is 53.6 Å². The molecular formula is C49H78N6O12. The Hall–Kier alpha value is -3.91. The summed E-state index contributed by atoms with van der Waals surface area (Å²) in [5.41, 5.74) is -0.754. The van der Waals surface area contributed by atoms with Crippen LogP contribution in [0.1, 0.15) is 131 Å². The van der Waals surface area contributed by atoms with Gasteiger partial charge in [0, 0.05) is 68.7 Å². The van der Waals surface area contributed by atoms with Crippen molar-refractivity contribution in [3.05, 3.63) is 51.8 Å². The van der Waals surface area contributed by atoms with Crippen LogP contribution in [0.3, 0.4) is 0 Å². The molecule has 3 heterocycles. The van der Waals surface area contributed by atoms with Crippen LogP contribution >= 0.6 is 0 Å². The van der Waals surface area contributed by atoms with Gasteiger partial charge >= 0.3 is 5.97 Å². The number of non-ortho nitro benzene ring substituents is 1. The second-order valence-corrected chi connectivity index (χ2v) is 20.0. The third kappa shape index (κ3) is 13.7.